The molecule has 0 spiro atoms. The van der Waals surface area contributed by atoms with Gasteiger partial charge in [-0.2, -0.15) is 0 Å². The fraction of sp³-hybridized carbons (Fsp3) is 0.294. The van der Waals surface area contributed by atoms with Gasteiger partial charge in [0.05, 0.1) is 7.11 Å². The molecule has 1 atom stereocenters. The third kappa shape index (κ3) is 3.97. The highest BCUT2D eigenvalue weighted by atomic mass is 35.5. The highest BCUT2D eigenvalue weighted by molar-refractivity contribution is 6.30. The third-order valence-corrected chi connectivity index (χ3v) is 3.73. The molecular weight excluding hydrogens is 286 g/mol. The van der Waals surface area contributed by atoms with Gasteiger partial charge >= 0.3 is 0 Å². The van der Waals surface area contributed by atoms with Crippen LogP contribution in [-0.4, -0.2) is 25.8 Å². The molecule has 0 heterocycles. The minimum absolute atomic E-state index is 0.663. The molecule has 2 aromatic carbocycles. The summed E-state index contributed by atoms with van der Waals surface area (Å²) in [5.41, 5.74) is 2.80. The molecule has 0 amide bonds. The number of aliphatic hydroxyl groups excluding tert-OH is 1. The van der Waals surface area contributed by atoms with Crippen LogP contribution in [0, 0.1) is 0 Å². The van der Waals surface area contributed by atoms with E-state index in [-0.39, 0.29) is 0 Å². The Morgan fingerprint density at radius 2 is 1.90 bits per heavy atom. The Labute approximate surface area is 130 Å². The number of aliphatic hydroxyl groups is 1. The van der Waals surface area contributed by atoms with Crippen LogP contribution in [0.1, 0.15) is 22.8 Å². The molecule has 21 heavy (non-hydrogen) atoms. The lowest BCUT2D eigenvalue weighted by Gasteiger charge is -2.17. The second kappa shape index (κ2) is 7.46. The van der Waals surface area contributed by atoms with Crippen LogP contribution in [-0.2, 0) is 6.42 Å². The Hall–Kier alpha value is -1.55. The Bertz CT molecular complexity index is 584. The summed E-state index contributed by atoms with van der Waals surface area (Å²) in [7, 11) is 3.56. The smallest absolute Gasteiger partial charge is 0.119 e. The standard InChI is InChI=1S/C17H20ClNO2/c1-19-10-9-13-11-15(21-2)7-8-16(13)17(20)12-3-5-14(18)6-4-12/h3-8,11,17,19-20H,9-10H2,1-2H3/t17-/m0/s1. The monoisotopic (exact) mass is 305 g/mol. The quantitative estimate of drug-likeness (QED) is 0.861. The van der Waals surface area contributed by atoms with Crippen molar-refractivity contribution in [2.75, 3.05) is 20.7 Å². The van der Waals surface area contributed by atoms with E-state index < -0.39 is 6.10 Å². The summed E-state index contributed by atoms with van der Waals surface area (Å²) >= 11 is 5.90. The molecule has 2 aromatic rings. The fourth-order valence-electron chi connectivity index (χ4n) is 2.28. The van der Waals surface area contributed by atoms with Crippen LogP contribution in [0.3, 0.4) is 0 Å². The van der Waals surface area contributed by atoms with E-state index in [0.717, 1.165) is 35.4 Å². The van der Waals surface area contributed by atoms with Gasteiger partial charge in [0.1, 0.15) is 11.9 Å². The van der Waals surface area contributed by atoms with Crippen molar-refractivity contribution in [3.8, 4) is 5.75 Å². The van der Waals surface area contributed by atoms with Crippen molar-refractivity contribution in [1.82, 2.24) is 5.32 Å². The first-order valence-corrected chi connectivity index (χ1v) is 7.28. The minimum Gasteiger partial charge on any atom is -0.497 e. The number of benzene rings is 2. The van der Waals surface area contributed by atoms with Crippen molar-refractivity contribution in [3.63, 3.8) is 0 Å². The van der Waals surface area contributed by atoms with Gasteiger partial charge in [-0.3, -0.25) is 0 Å². The van der Waals surface area contributed by atoms with Gasteiger partial charge in [0.2, 0.25) is 0 Å². The van der Waals surface area contributed by atoms with Gasteiger partial charge in [0.25, 0.3) is 0 Å². The lowest BCUT2D eigenvalue weighted by atomic mass is 9.95. The van der Waals surface area contributed by atoms with Crippen LogP contribution in [0.4, 0.5) is 0 Å². The minimum atomic E-state index is -0.667. The van der Waals surface area contributed by atoms with Crippen molar-refractivity contribution in [3.05, 3.63) is 64.2 Å². The molecule has 0 aliphatic rings. The summed E-state index contributed by atoms with van der Waals surface area (Å²) in [5, 5.41) is 14.4. The predicted octanol–water partition coefficient (Wildman–Crippen LogP) is 3.19. The van der Waals surface area contributed by atoms with Gasteiger partial charge < -0.3 is 15.2 Å². The second-order valence-corrected chi connectivity index (χ2v) is 5.31. The molecule has 0 bridgehead atoms. The first kappa shape index (κ1) is 15.8. The van der Waals surface area contributed by atoms with E-state index in [4.69, 9.17) is 16.3 Å². The van der Waals surface area contributed by atoms with E-state index in [0.29, 0.717) is 5.02 Å². The average molecular weight is 306 g/mol. The second-order valence-electron chi connectivity index (χ2n) is 4.87. The Balaban J connectivity index is 2.34. The number of hydrogen-bond donors (Lipinski definition) is 2. The molecule has 3 nitrogen and oxygen atoms in total. The number of likely N-dealkylation sites (N-methyl/N-ethyl adjacent to an activating group) is 1. The number of rotatable bonds is 6. The van der Waals surface area contributed by atoms with Crippen LogP contribution in [0.2, 0.25) is 5.02 Å². The van der Waals surface area contributed by atoms with E-state index in [9.17, 15) is 5.11 Å². The van der Waals surface area contributed by atoms with Crippen molar-refractivity contribution in [1.29, 1.82) is 0 Å². The molecule has 0 saturated carbocycles. The maximum atomic E-state index is 10.6. The van der Waals surface area contributed by atoms with Gasteiger partial charge in [-0.1, -0.05) is 29.8 Å². The number of hydrogen-bond acceptors (Lipinski definition) is 3. The van der Waals surface area contributed by atoms with Crippen LogP contribution in [0.5, 0.6) is 5.75 Å². The van der Waals surface area contributed by atoms with E-state index in [1.807, 2.05) is 37.4 Å². The number of nitrogens with one attached hydrogen (secondary N) is 1. The van der Waals surface area contributed by atoms with E-state index in [2.05, 4.69) is 5.32 Å². The summed E-state index contributed by atoms with van der Waals surface area (Å²) < 4.78 is 5.27. The molecule has 0 fully saturated rings. The van der Waals surface area contributed by atoms with Gasteiger partial charge in [-0.15, -0.1) is 0 Å². The SMILES string of the molecule is CNCCc1cc(OC)ccc1[C@@H](O)c1ccc(Cl)cc1. The zero-order valence-electron chi connectivity index (χ0n) is 12.3. The lowest BCUT2D eigenvalue weighted by Crippen LogP contribution is -2.13. The molecular formula is C17H20ClNO2. The summed E-state index contributed by atoms with van der Waals surface area (Å²) in [6.45, 7) is 0.841. The maximum absolute atomic E-state index is 10.6. The number of ether oxygens (including phenoxy) is 1. The molecule has 2 rings (SSSR count). The Morgan fingerprint density at radius 3 is 2.52 bits per heavy atom. The van der Waals surface area contributed by atoms with Gasteiger partial charge in [-0.25, -0.2) is 0 Å². The topological polar surface area (TPSA) is 41.5 Å². The zero-order valence-corrected chi connectivity index (χ0v) is 13.0. The molecule has 0 radical (unpaired) electrons. The fourth-order valence-corrected chi connectivity index (χ4v) is 2.40. The van der Waals surface area contributed by atoms with E-state index >= 15 is 0 Å². The first-order valence-electron chi connectivity index (χ1n) is 6.90. The molecule has 2 N–H and O–H groups in total. The zero-order chi connectivity index (χ0) is 15.2. The number of halogens is 1. The third-order valence-electron chi connectivity index (χ3n) is 3.47. The highest BCUT2D eigenvalue weighted by Crippen LogP contribution is 2.29. The van der Waals surface area contributed by atoms with Crippen molar-refractivity contribution < 1.29 is 9.84 Å². The molecule has 0 aliphatic heterocycles. The normalized spacial score (nSPS) is 12.2. The molecule has 0 aromatic heterocycles. The largest absolute Gasteiger partial charge is 0.497 e. The summed E-state index contributed by atoms with van der Waals surface area (Å²) in [5.74, 6) is 0.799. The first-order chi connectivity index (χ1) is 10.2. The van der Waals surface area contributed by atoms with Crippen LogP contribution in [0.25, 0.3) is 0 Å². The average Bonchev–Trinajstić information content (AvgIpc) is 2.52. The van der Waals surface area contributed by atoms with E-state index in [1.54, 1.807) is 19.2 Å². The van der Waals surface area contributed by atoms with Gasteiger partial charge in [0, 0.05) is 5.02 Å². The molecule has 0 unspecified atom stereocenters. The van der Waals surface area contributed by atoms with Crippen LogP contribution in [0.15, 0.2) is 42.5 Å². The molecule has 0 saturated heterocycles. The highest BCUT2D eigenvalue weighted by Gasteiger charge is 2.15. The predicted molar refractivity (Wildman–Crippen MR) is 86.1 cm³/mol. The molecule has 4 heteroatoms. The van der Waals surface area contributed by atoms with Crippen molar-refractivity contribution in [2.45, 2.75) is 12.5 Å². The molecule has 0 aliphatic carbocycles. The van der Waals surface area contributed by atoms with Crippen molar-refractivity contribution >= 4 is 11.6 Å². The van der Waals surface area contributed by atoms with E-state index in [1.165, 1.54) is 0 Å². The summed E-state index contributed by atoms with van der Waals surface area (Å²) in [6.07, 6.45) is 0.160. The number of methoxy groups -OCH3 is 1. The Morgan fingerprint density at radius 1 is 1.19 bits per heavy atom. The van der Waals surface area contributed by atoms with Gasteiger partial charge in [-0.05, 0) is 61.0 Å². The van der Waals surface area contributed by atoms with Crippen molar-refractivity contribution in [2.24, 2.45) is 0 Å². The van der Waals surface area contributed by atoms with Crippen LogP contribution < -0.4 is 10.1 Å². The summed E-state index contributed by atoms with van der Waals surface area (Å²) in [4.78, 5) is 0. The maximum Gasteiger partial charge on any atom is 0.119 e. The van der Waals surface area contributed by atoms with Gasteiger partial charge in [0.15, 0.2) is 0 Å². The summed E-state index contributed by atoms with van der Waals surface area (Å²) in [6, 6.07) is 13.0. The molecule has 112 valence electrons. The lowest BCUT2D eigenvalue weighted by molar-refractivity contribution is 0.219. The van der Waals surface area contributed by atoms with Crippen LogP contribution >= 0.6 is 11.6 Å². The Kier molecular flexibility index (Phi) is 5.62.